The van der Waals surface area contributed by atoms with Crippen molar-refractivity contribution in [1.82, 2.24) is 14.9 Å². The summed E-state index contributed by atoms with van der Waals surface area (Å²) in [7, 11) is 0. The molecule has 2 N–H and O–H groups in total. The zero-order valence-electron chi connectivity index (χ0n) is 12.2. The Bertz CT molecular complexity index is 1070. The van der Waals surface area contributed by atoms with E-state index in [-0.39, 0.29) is 5.82 Å². The molecule has 3 heterocycles. The van der Waals surface area contributed by atoms with Crippen LogP contribution >= 0.6 is 0 Å². The normalized spacial score (nSPS) is 17.7. The Hall–Kier alpha value is -3.73. The Morgan fingerprint density at radius 3 is 2.71 bits per heavy atom. The van der Waals surface area contributed by atoms with E-state index in [1.54, 1.807) is 47.7 Å². The van der Waals surface area contributed by atoms with E-state index in [0.29, 0.717) is 17.1 Å². The predicted octanol–water partition coefficient (Wildman–Crippen LogP) is 0.925. The standard InChI is InChI=1S/C16H10N6O2/c17-8-9-2-4-10(5-3-9)12-11-13(20-16(24)21-14(11)23)19-15-18-6-1-7-22(12)15/h1-7,12H,(H2,20,21,23,24). The number of guanidine groups is 1. The topological polar surface area (TPSA) is 117 Å². The molecule has 1 aromatic carbocycles. The fourth-order valence-corrected chi connectivity index (χ4v) is 2.79. The zero-order valence-corrected chi connectivity index (χ0v) is 12.2. The first-order chi connectivity index (χ1) is 11.7. The third kappa shape index (κ3) is 2.07. The molecule has 1 unspecified atom stereocenters. The van der Waals surface area contributed by atoms with E-state index >= 15 is 0 Å². The van der Waals surface area contributed by atoms with Gasteiger partial charge in [0, 0.05) is 12.4 Å². The molecular formula is C16H10N6O2. The van der Waals surface area contributed by atoms with E-state index in [4.69, 9.17) is 5.26 Å². The van der Waals surface area contributed by atoms with Crippen molar-refractivity contribution in [1.29, 1.82) is 5.26 Å². The van der Waals surface area contributed by atoms with Crippen molar-refractivity contribution in [2.24, 2.45) is 9.98 Å². The van der Waals surface area contributed by atoms with Crippen LogP contribution in [0.4, 0.5) is 5.82 Å². The average molecular weight is 318 g/mol. The van der Waals surface area contributed by atoms with E-state index < -0.39 is 17.3 Å². The second-order valence-corrected chi connectivity index (χ2v) is 5.25. The largest absolute Gasteiger partial charge is 0.327 e. The number of benzene rings is 1. The number of aromatic amines is 2. The van der Waals surface area contributed by atoms with Crippen LogP contribution in [0.25, 0.3) is 0 Å². The van der Waals surface area contributed by atoms with Gasteiger partial charge in [0.2, 0.25) is 5.96 Å². The van der Waals surface area contributed by atoms with E-state index in [9.17, 15) is 9.59 Å². The van der Waals surface area contributed by atoms with E-state index in [0.717, 1.165) is 5.56 Å². The van der Waals surface area contributed by atoms with Crippen LogP contribution in [-0.2, 0) is 0 Å². The molecule has 8 heteroatoms. The first-order valence-electron chi connectivity index (χ1n) is 7.12. The van der Waals surface area contributed by atoms with Gasteiger partial charge in [-0.2, -0.15) is 10.3 Å². The number of allylic oxidation sites excluding steroid dienone is 1. The van der Waals surface area contributed by atoms with Crippen molar-refractivity contribution in [3.63, 3.8) is 0 Å². The average Bonchev–Trinajstić information content (AvgIpc) is 2.60. The molecular weight excluding hydrogens is 308 g/mol. The van der Waals surface area contributed by atoms with Crippen LogP contribution in [0.5, 0.6) is 0 Å². The predicted molar refractivity (Wildman–Crippen MR) is 87.2 cm³/mol. The van der Waals surface area contributed by atoms with Gasteiger partial charge in [0.05, 0.1) is 23.2 Å². The van der Waals surface area contributed by atoms with Crippen molar-refractivity contribution in [2.45, 2.75) is 6.04 Å². The van der Waals surface area contributed by atoms with E-state index in [2.05, 4.69) is 26.0 Å². The highest BCUT2D eigenvalue weighted by Crippen LogP contribution is 2.36. The highest BCUT2D eigenvalue weighted by Gasteiger charge is 2.33. The number of hydrogen-bond donors (Lipinski definition) is 2. The summed E-state index contributed by atoms with van der Waals surface area (Å²) in [5.74, 6) is 0.567. The van der Waals surface area contributed by atoms with Crippen LogP contribution in [0, 0.1) is 11.3 Å². The number of fused-ring (bicyclic) bond motifs is 2. The maximum Gasteiger partial charge on any atom is 0.327 e. The maximum absolute atomic E-state index is 12.4. The monoisotopic (exact) mass is 318 g/mol. The van der Waals surface area contributed by atoms with Gasteiger partial charge in [-0.15, -0.1) is 0 Å². The summed E-state index contributed by atoms with van der Waals surface area (Å²) in [6, 6.07) is 8.45. The first-order valence-corrected chi connectivity index (χ1v) is 7.12. The van der Waals surface area contributed by atoms with Crippen molar-refractivity contribution in [2.75, 3.05) is 0 Å². The van der Waals surface area contributed by atoms with Gasteiger partial charge in [-0.3, -0.25) is 14.8 Å². The van der Waals surface area contributed by atoms with Gasteiger partial charge in [0.25, 0.3) is 5.56 Å². The van der Waals surface area contributed by atoms with Crippen LogP contribution in [0.2, 0.25) is 0 Å². The lowest BCUT2D eigenvalue weighted by molar-refractivity contribution is 0.451. The summed E-state index contributed by atoms with van der Waals surface area (Å²) in [5.41, 5.74) is 0.498. The lowest BCUT2D eigenvalue weighted by atomic mass is 9.96. The van der Waals surface area contributed by atoms with Gasteiger partial charge >= 0.3 is 5.69 Å². The molecule has 2 aliphatic rings. The number of aliphatic imine (C=N–C) groups is 2. The zero-order chi connectivity index (χ0) is 16.7. The molecule has 24 heavy (non-hydrogen) atoms. The number of nitrogens with zero attached hydrogens (tertiary/aromatic N) is 4. The summed E-state index contributed by atoms with van der Waals surface area (Å²) in [6.07, 6.45) is 5.09. The molecule has 4 rings (SSSR count). The van der Waals surface area contributed by atoms with Crippen LogP contribution in [0.1, 0.15) is 22.7 Å². The Balaban J connectivity index is 1.98. The van der Waals surface area contributed by atoms with Gasteiger partial charge in [-0.1, -0.05) is 12.1 Å². The molecule has 0 amide bonds. The third-order valence-corrected chi connectivity index (χ3v) is 3.83. The van der Waals surface area contributed by atoms with Crippen molar-refractivity contribution in [3.8, 4) is 6.07 Å². The molecule has 116 valence electrons. The summed E-state index contributed by atoms with van der Waals surface area (Å²) < 4.78 is 0. The minimum atomic E-state index is -0.620. The fraction of sp³-hybridized carbons (Fsp3) is 0.0625. The van der Waals surface area contributed by atoms with Gasteiger partial charge in [-0.05, 0) is 23.8 Å². The molecule has 0 aliphatic carbocycles. The highest BCUT2D eigenvalue weighted by atomic mass is 16.2. The lowest BCUT2D eigenvalue weighted by Gasteiger charge is -2.34. The number of H-pyrrole nitrogens is 2. The van der Waals surface area contributed by atoms with Crippen molar-refractivity contribution < 1.29 is 0 Å². The van der Waals surface area contributed by atoms with Gasteiger partial charge in [0.1, 0.15) is 5.82 Å². The summed E-state index contributed by atoms with van der Waals surface area (Å²) in [5, 5.41) is 8.95. The molecule has 2 aliphatic heterocycles. The van der Waals surface area contributed by atoms with Gasteiger partial charge in [0.15, 0.2) is 0 Å². The number of rotatable bonds is 1. The summed E-state index contributed by atoms with van der Waals surface area (Å²) in [4.78, 5) is 38.9. The molecule has 0 saturated heterocycles. The molecule has 0 saturated carbocycles. The Morgan fingerprint density at radius 1 is 1.17 bits per heavy atom. The van der Waals surface area contributed by atoms with Gasteiger partial charge in [-0.25, -0.2) is 9.79 Å². The highest BCUT2D eigenvalue weighted by molar-refractivity contribution is 5.97. The molecule has 8 nitrogen and oxygen atoms in total. The van der Waals surface area contributed by atoms with Crippen LogP contribution in [-0.4, -0.2) is 27.0 Å². The first kappa shape index (κ1) is 13.9. The number of hydrogen-bond acceptors (Lipinski definition) is 6. The molecule has 1 atom stereocenters. The lowest BCUT2D eigenvalue weighted by Crippen LogP contribution is -2.39. The molecule has 0 bridgehead atoms. The molecule has 2 aromatic rings. The third-order valence-electron chi connectivity index (χ3n) is 3.83. The summed E-state index contributed by atoms with van der Waals surface area (Å²) >= 11 is 0. The number of aromatic nitrogens is 2. The molecule has 1 aromatic heterocycles. The number of nitriles is 1. The molecule has 0 spiro atoms. The van der Waals surface area contributed by atoms with Crippen molar-refractivity contribution >= 4 is 18.0 Å². The minimum absolute atomic E-state index is 0.191. The quantitative estimate of drug-likeness (QED) is 0.813. The second kappa shape index (κ2) is 5.17. The molecule has 0 radical (unpaired) electrons. The van der Waals surface area contributed by atoms with E-state index in [1.807, 2.05) is 0 Å². The van der Waals surface area contributed by atoms with Gasteiger partial charge < -0.3 is 4.90 Å². The smallest absolute Gasteiger partial charge is 0.305 e. The number of nitrogens with one attached hydrogen (secondary N) is 2. The minimum Gasteiger partial charge on any atom is -0.305 e. The van der Waals surface area contributed by atoms with Crippen LogP contribution < -0.4 is 11.2 Å². The van der Waals surface area contributed by atoms with Crippen LogP contribution in [0.3, 0.4) is 0 Å². The Labute approximate surface area is 135 Å². The Kier molecular flexibility index (Phi) is 2.99. The Morgan fingerprint density at radius 2 is 1.96 bits per heavy atom. The summed E-state index contributed by atoms with van der Waals surface area (Å²) in [6.45, 7) is 0. The second-order valence-electron chi connectivity index (χ2n) is 5.25. The van der Waals surface area contributed by atoms with Crippen LogP contribution in [0.15, 0.2) is 56.1 Å². The van der Waals surface area contributed by atoms with E-state index in [1.165, 1.54) is 0 Å². The maximum atomic E-state index is 12.4. The molecule has 0 fully saturated rings. The fourth-order valence-electron chi connectivity index (χ4n) is 2.79. The SMILES string of the molecule is N#Cc1ccc(C2c3c([nH]c(=O)[nH]c3=O)N=C3N=CC=CN32)cc1. The van der Waals surface area contributed by atoms with Crippen molar-refractivity contribution in [3.05, 3.63) is 74.1 Å².